The van der Waals surface area contributed by atoms with Crippen LogP contribution in [0.2, 0.25) is 5.02 Å². The van der Waals surface area contributed by atoms with Crippen molar-refractivity contribution in [1.82, 2.24) is 24.9 Å². The molecule has 2 heterocycles. The summed E-state index contributed by atoms with van der Waals surface area (Å²) in [6.07, 6.45) is 1.32. The highest BCUT2D eigenvalue weighted by Crippen LogP contribution is 2.31. The highest BCUT2D eigenvalue weighted by molar-refractivity contribution is 7.98. The van der Waals surface area contributed by atoms with Crippen LogP contribution in [0.5, 0.6) is 0 Å². The summed E-state index contributed by atoms with van der Waals surface area (Å²) >= 11 is 7.53. The maximum atomic E-state index is 6.02. The van der Waals surface area contributed by atoms with Crippen LogP contribution in [0, 0.1) is 6.92 Å². The van der Waals surface area contributed by atoms with Crippen molar-refractivity contribution in [2.24, 2.45) is 0 Å². The molecule has 0 unspecified atom stereocenters. The van der Waals surface area contributed by atoms with Gasteiger partial charge in [-0.05, 0) is 42.8 Å². The minimum Gasteiger partial charge on any atom is -0.343 e. The molecule has 0 fully saturated rings. The molecule has 0 N–H and O–H groups in total. The molecule has 0 amide bonds. The van der Waals surface area contributed by atoms with Gasteiger partial charge >= 0.3 is 0 Å². The Hall–Kier alpha value is -2.64. The zero-order chi connectivity index (χ0) is 17.9. The van der Waals surface area contributed by atoms with Gasteiger partial charge in [-0.2, -0.15) is 4.98 Å². The summed E-state index contributed by atoms with van der Waals surface area (Å²) in [4.78, 5) is 4.06. The normalized spacial score (nSPS) is 11.0. The monoisotopic (exact) mass is 383 g/mol. The zero-order valence-corrected chi connectivity index (χ0v) is 15.4. The first-order valence-electron chi connectivity index (χ1n) is 7.88. The number of aryl methyl sites for hydroxylation is 1. The van der Waals surface area contributed by atoms with Crippen molar-refractivity contribution in [2.45, 2.75) is 17.8 Å². The van der Waals surface area contributed by atoms with Gasteiger partial charge in [0.25, 0.3) is 0 Å². The first-order valence-corrected chi connectivity index (χ1v) is 9.24. The van der Waals surface area contributed by atoms with E-state index in [0.717, 1.165) is 27.8 Å². The van der Waals surface area contributed by atoms with E-state index in [9.17, 15) is 0 Å². The van der Waals surface area contributed by atoms with Crippen molar-refractivity contribution in [3.8, 4) is 17.1 Å². The lowest BCUT2D eigenvalue weighted by Crippen LogP contribution is -2.02. The minimum absolute atomic E-state index is 0.543. The fourth-order valence-electron chi connectivity index (χ4n) is 2.57. The van der Waals surface area contributed by atoms with Gasteiger partial charge in [0.05, 0.1) is 11.4 Å². The van der Waals surface area contributed by atoms with Gasteiger partial charge in [0.2, 0.25) is 6.39 Å². The standard InChI is InChI=1S/C18H14ClN5OS/c1-12-4-2-3-5-15(12)24-17(13-6-8-14(19)9-7-13)21-22-18(24)26-10-16-20-11-25-23-16/h2-9,11H,10H2,1H3. The fourth-order valence-corrected chi connectivity index (χ4v) is 3.49. The Morgan fingerprint density at radius 2 is 1.88 bits per heavy atom. The average molecular weight is 384 g/mol. The third-order valence-electron chi connectivity index (χ3n) is 3.83. The van der Waals surface area contributed by atoms with E-state index in [-0.39, 0.29) is 0 Å². The summed E-state index contributed by atoms with van der Waals surface area (Å²) in [6, 6.07) is 15.7. The first-order chi connectivity index (χ1) is 12.7. The molecule has 130 valence electrons. The molecule has 6 nitrogen and oxygen atoms in total. The van der Waals surface area contributed by atoms with Crippen molar-refractivity contribution >= 4 is 23.4 Å². The van der Waals surface area contributed by atoms with Gasteiger partial charge in [0.15, 0.2) is 16.8 Å². The molecule has 0 aliphatic rings. The van der Waals surface area contributed by atoms with E-state index in [4.69, 9.17) is 16.1 Å². The molecular formula is C18H14ClN5OS. The number of aromatic nitrogens is 5. The van der Waals surface area contributed by atoms with Gasteiger partial charge in [0.1, 0.15) is 0 Å². The number of para-hydroxylation sites is 1. The molecule has 26 heavy (non-hydrogen) atoms. The molecule has 0 aliphatic heterocycles. The van der Waals surface area contributed by atoms with E-state index in [1.54, 1.807) is 0 Å². The maximum Gasteiger partial charge on any atom is 0.213 e. The van der Waals surface area contributed by atoms with Gasteiger partial charge < -0.3 is 4.52 Å². The Balaban J connectivity index is 1.79. The third kappa shape index (κ3) is 3.36. The van der Waals surface area contributed by atoms with E-state index in [0.29, 0.717) is 16.6 Å². The van der Waals surface area contributed by atoms with Crippen molar-refractivity contribution in [2.75, 3.05) is 0 Å². The van der Waals surface area contributed by atoms with Crippen molar-refractivity contribution < 1.29 is 4.52 Å². The van der Waals surface area contributed by atoms with E-state index in [1.807, 2.05) is 41.0 Å². The largest absolute Gasteiger partial charge is 0.343 e. The third-order valence-corrected chi connectivity index (χ3v) is 5.01. The predicted molar refractivity (Wildman–Crippen MR) is 100 cm³/mol. The lowest BCUT2D eigenvalue weighted by atomic mass is 10.1. The predicted octanol–water partition coefficient (Wildman–Crippen LogP) is 4.57. The van der Waals surface area contributed by atoms with E-state index in [2.05, 4.69) is 39.4 Å². The van der Waals surface area contributed by atoms with Gasteiger partial charge in [0, 0.05) is 10.6 Å². The lowest BCUT2D eigenvalue weighted by Gasteiger charge is -2.12. The van der Waals surface area contributed by atoms with Crippen LogP contribution in [0.15, 0.2) is 64.6 Å². The summed E-state index contributed by atoms with van der Waals surface area (Å²) < 4.78 is 6.84. The number of hydrogen-bond donors (Lipinski definition) is 0. The van der Waals surface area contributed by atoms with E-state index in [1.165, 1.54) is 18.2 Å². The molecule has 0 atom stereocenters. The number of nitrogens with zero attached hydrogens (tertiary/aromatic N) is 5. The molecule has 0 bridgehead atoms. The molecule has 4 aromatic rings. The van der Waals surface area contributed by atoms with Crippen LogP contribution in [-0.2, 0) is 5.75 Å². The van der Waals surface area contributed by atoms with E-state index >= 15 is 0 Å². The zero-order valence-electron chi connectivity index (χ0n) is 13.8. The van der Waals surface area contributed by atoms with Crippen LogP contribution in [0.25, 0.3) is 17.1 Å². The highest BCUT2D eigenvalue weighted by Gasteiger charge is 2.18. The molecule has 0 saturated heterocycles. The summed E-state index contributed by atoms with van der Waals surface area (Å²) in [7, 11) is 0. The second-order valence-corrected chi connectivity index (χ2v) is 6.95. The first kappa shape index (κ1) is 16.8. The Kier molecular flexibility index (Phi) is 4.73. The molecule has 0 saturated carbocycles. The number of rotatable bonds is 5. The number of benzene rings is 2. The van der Waals surface area contributed by atoms with Crippen LogP contribution in [-0.4, -0.2) is 24.9 Å². The molecular weight excluding hydrogens is 370 g/mol. The number of thioether (sulfide) groups is 1. The fraction of sp³-hybridized carbons (Fsp3) is 0.111. The van der Waals surface area contributed by atoms with Crippen LogP contribution >= 0.6 is 23.4 Å². The SMILES string of the molecule is Cc1ccccc1-n1c(SCc2ncon2)nnc1-c1ccc(Cl)cc1. The van der Waals surface area contributed by atoms with Crippen molar-refractivity contribution in [3.05, 3.63) is 71.3 Å². The van der Waals surface area contributed by atoms with Crippen LogP contribution in [0.1, 0.15) is 11.4 Å². The van der Waals surface area contributed by atoms with E-state index < -0.39 is 0 Å². The molecule has 0 spiro atoms. The topological polar surface area (TPSA) is 69.6 Å². The Labute approximate surface area is 159 Å². The maximum absolute atomic E-state index is 6.02. The Morgan fingerprint density at radius 1 is 1.08 bits per heavy atom. The Morgan fingerprint density at radius 3 is 2.62 bits per heavy atom. The second kappa shape index (κ2) is 7.31. The molecule has 4 rings (SSSR count). The molecule has 0 aliphatic carbocycles. The van der Waals surface area contributed by atoms with Crippen LogP contribution in [0.3, 0.4) is 0 Å². The molecule has 2 aromatic carbocycles. The average Bonchev–Trinajstić information content (AvgIpc) is 3.31. The minimum atomic E-state index is 0.543. The summed E-state index contributed by atoms with van der Waals surface area (Å²) in [5.74, 6) is 1.91. The van der Waals surface area contributed by atoms with Crippen LogP contribution < -0.4 is 0 Å². The van der Waals surface area contributed by atoms with Gasteiger partial charge in [-0.3, -0.25) is 4.57 Å². The number of hydrogen-bond acceptors (Lipinski definition) is 6. The quantitative estimate of drug-likeness (QED) is 0.470. The smallest absolute Gasteiger partial charge is 0.213 e. The molecule has 2 aromatic heterocycles. The van der Waals surface area contributed by atoms with Crippen molar-refractivity contribution in [3.63, 3.8) is 0 Å². The van der Waals surface area contributed by atoms with Gasteiger partial charge in [-0.25, -0.2) is 0 Å². The highest BCUT2D eigenvalue weighted by atomic mass is 35.5. The van der Waals surface area contributed by atoms with Gasteiger partial charge in [-0.15, -0.1) is 10.2 Å². The van der Waals surface area contributed by atoms with Crippen LogP contribution in [0.4, 0.5) is 0 Å². The second-order valence-electron chi connectivity index (χ2n) is 5.57. The van der Waals surface area contributed by atoms with Crippen molar-refractivity contribution in [1.29, 1.82) is 0 Å². The van der Waals surface area contributed by atoms with Gasteiger partial charge in [-0.1, -0.05) is 46.7 Å². The Bertz CT molecular complexity index is 1010. The molecule has 0 radical (unpaired) electrons. The summed E-state index contributed by atoms with van der Waals surface area (Å²) in [6.45, 7) is 2.06. The molecule has 8 heteroatoms. The lowest BCUT2D eigenvalue weighted by molar-refractivity contribution is 0.412. The number of halogens is 1. The summed E-state index contributed by atoms with van der Waals surface area (Å²) in [5.41, 5.74) is 3.10. The summed E-state index contributed by atoms with van der Waals surface area (Å²) in [5, 5.41) is 14.1.